The molecular weight excluding hydrogens is 372 g/mol. The molecule has 3 nitrogen and oxygen atoms in total. The number of aliphatic hydroxyl groups excluding tert-OH is 1. The van der Waals surface area contributed by atoms with E-state index in [9.17, 15) is 9.90 Å². The van der Waals surface area contributed by atoms with Gasteiger partial charge in [0.15, 0.2) is 0 Å². The smallest absolute Gasteiger partial charge is 0.293 e. The Bertz CT molecular complexity index is 319. The van der Waals surface area contributed by atoms with Gasteiger partial charge in [-0.15, -0.1) is 0 Å². The van der Waals surface area contributed by atoms with Crippen molar-refractivity contribution in [2.45, 2.75) is 161 Å². The van der Waals surface area contributed by atoms with Gasteiger partial charge < -0.3 is 9.84 Å². The Kier molecular flexibility index (Phi) is 26.0. The van der Waals surface area contributed by atoms with Crippen LogP contribution >= 0.6 is 0 Å². The first-order chi connectivity index (χ1) is 14.8. The summed E-state index contributed by atoms with van der Waals surface area (Å²) in [6.07, 6.45) is 30.8. The van der Waals surface area contributed by atoms with Gasteiger partial charge in [0.2, 0.25) is 0 Å². The van der Waals surface area contributed by atoms with E-state index in [0.717, 1.165) is 12.8 Å². The Hall–Kier alpha value is -0.570. The lowest BCUT2D eigenvalue weighted by atomic mass is 10.0. The van der Waals surface area contributed by atoms with Crippen LogP contribution in [0.4, 0.5) is 0 Å². The lowest BCUT2D eigenvalue weighted by Crippen LogP contribution is -2.14. The molecule has 0 radical (unpaired) electrons. The van der Waals surface area contributed by atoms with Crippen LogP contribution in [0.15, 0.2) is 0 Å². The fourth-order valence-electron chi connectivity index (χ4n) is 4.22. The fourth-order valence-corrected chi connectivity index (χ4v) is 4.22. The van der Waals surface area contributed by atoms with Crippen molar-refractivity contribution in [2.24, 2.45) is 0 Å². The monoisotopic (exact) mass is 426 g/mol. The SMILES string of the molecule is CCCCCCCCCCCCCCCCCCCCCCCCC(O)COC=O. The molecule has 0 heterocycles. The second kappa shape index (κ2) is 26.5. The van der Waals surface area contributed by atoms with E-state index in [1.165, 1.54) is 135 Å². The molecule has 30 heavy (non-hydrogen) atoms. The first-order valence-electron chi connectivity index (χ1n) is 13.5. The maximum Gasteiger partial charge on any atom is 0.293 e. The topological polar surface area (TPSA) is 46.5 Å². The minimum atomic E-state index is -0.486. The van der Waals surface area contributed by atoms with Crippen LogP contribution in [0.5, 0.6) is 0 Å². The highest BCUT2D eigenvalue weighted by Crippen LogP contribution is 2.15. The van der Waals surface area contributed by atoms with Crippen molar-refractivity contribution in [2.75, 3.05) is 6.61 Å². The maximum atomic E-state index is 10.0. The molecule has 3 heteroatoms. The number of hydrogen-bond acceptors (Lipinski definition) is 3. The summed E-state index contributed by atoms with van der Waals surface area (Å²) >= 11 is 0. The number of aliphatic hydroxyl groups is 1. The molecule has 0 bridgehead atoms. The van der Waals surface area contributed by atoms with Crippen LogP contribution < -0.4 is 0 Å². The van der Waals surface area contributed by atoms with E-state index >= 15 is 0 Å². The van der Waals surface area contributed by atoms with Gasteiger partial charge in [0, 0.05) is 0 Å². The third kappa shape index (κ3) is 25.5. The van der Waals surface area contributed by atoms with Crippen molar-refractivity contribution in [3.05, 3.63) is 0 Å². The van der Waals surface area contributed by atoms with Crippen molar-refractivity contribution >= 4 is 6.47 Å². The Balaban J connectivity index is 3.04. The summed E-state index contributed by atoms with van der Waals surface area (Å²) < 4.78 is 4.56. The largest absolute Gasteiger partial charge is 0.465 e. The summed E-state index contributed by atoms with van der Waals surface area (Å²) in [5.41, 5.74) is 0. The van der Waals surface area contributed by atoms with E-state index in [2.05, 4.69) is 11.7 Å². The number of hydrogen-bond donors (Lipinski definition) is 1. The van der Waals surface area contributed by atoms with Crippen LogP contribution in [0, 0.1) is 0 Å². The van der Waals surface area contributed by atoms with E-state index in [4.69, 9.17) is 0 Å². The van der Waals surface area contributed by atoms with Gasteiger partial charge in [0.05, 0.1) is 6.10 Å². The van der Waals surface area contributed by atoms with Crippen LogP contribution in [-0.4, -0.2) is 24.3 Å². The minimum absolute atomic E-state index is 0.142. The minimum Gasteiger partial charge on any atom is -0.465 e. The first-order valence-corrected chi connectivity index (χ1v) is 13.5. The molecular formula is C27H54O3. The molecule has 0 aromatic carbocycles. The van der Waals surface area contributed by atoms with Gasteiger partial charge in [-0.3, -0.25) is 4.79 Å². The van der Waals surface area contributed by atoms with E-state index < -0.39 is 6.10 Å². The molecule has 180 valence electrons. The van der Waals surface area contributed by atoms with E-state index in [1.54, 1.807) is 0 Å². The van der Waals surface area contributed by atoms with Gasteiger partial charge in [-0.2, -0.15) is 0 Å². The highest BCUT2D eigenvalue weighted by atomic mass is 16.5. The summed E-state index contributed by atoms with van der Waals surface area (Å²) in [6, 6.07) is 0. The van der Waals surface area contributed by atoms with E-state index in [0.29, 0.717) is 6.47 Å². The number of unbranched alkanes of at least 4 members (excludes halogenated alkanes) is 21. The molecule has 0 aromatic heterocycles. The van der Waals surface area contributed by atoms with Crippen LogP contribution in [0.25, 0.3) is 0 Å². The zero-order valence-electron chi connectivity index (χ0n) is 20.4. The third-order valence-electron chi connectivity index (χ3n) is 6.25. The van der Waals surface area contributed by atoms with Crippen molar-refractivity contribution in [3.63, 3.8) is 0 Å². The molecule has 0 rings (SSSR count). The summed E-state index contributed by atoms with van der Waals surface area (Å²) in [6.45, 7) is 2.84. The summed E-state index contributed by atoms with van der Waals surface area (Å²) in [5.74, 6) is 0. The number of carbonyl (C=O) groups is 1. The molecule has 1 N–H and O–H groups in total. The van der Waals surface area contributed by atoms with Crippen LogP contribution in [0.1, 0.15) is 155 Å². The molecule has 0 spiro atoms. The summed E-state index contributed by atoms with van der Waals surface area (Å²) in [5, 5.41) is 9.56. The average molecular weight is 427 g/mol. The van der Waals surface area contributed by atoms with Crippen molar-refractivity contribution < 1.29 is 14.6 Å². The van der Waals surface area contributed by atoms with E-state index in [1.807, 2.05) is 0 Å². The lowest BCUT2D eigenvalue weighted by Gasteiger charge is -2.08. The molecule has 0 saturated heterocycles. The molecule has 0 amide bonds. The molecule has 0 aromatic rings. The highest BCUT2D eigenvalue weighted by Gasteiger charge is 2.03. The van der Waals surface area contributed by atoms with Gasteiger partial charge >= 0.3 is 0 Å². The van der Waals surface area contributed by atoms with Crippen LogP contribution in [0.2, 0.25) is 0 Å². The maximum absolute atomic E-state index is 10.0. The third-order valence-corrected chi connectivity index (χ3v) is 6.25. The lowest BCUT2D eigenvalue weighted by molar-refractivity contribution is -0.131. The van der Waals surface area contributed by atoms with Gasteiger partial charge in [0.1, 0.15) is 6.61 Å². The van der Waals surface area contributed by atoms with Gasteiger partial charge in [0.25, 0.3) is 6.47 Å². The Morgan fingerprint density at radius 1 is 0.567 bits per heavy atom. The standard InChI is InChI=1S/C27H54O3/c1-2-3-4-5-6-7-8-9-10-11-12-13-14-15-16-17-18-19-20-21-22-23-24-27(29)25-30-26-28/h26-27,29H,2-25H2,1H3. The van der Waals surface area contributed by atoms with Crippen LogP contribution in [-0.2, 0) is 9.53 Å². The second-order valence-corrected chi connectivity index (χ2v) is 9.30. The number of rotatable bonds is 26. The number of ether oxygens (including phenoxy) is 1. The van der Waals surface area contributed by atoms with Gasteiger partial charge in [-0.05, 0) is 6.42 Å². The van der Waals surface area contributed by atoms with Gasteiger partial charge in [-0.1, -0.05) is 148 Å². The van der Waals surface area contributed by atoms with E-state index in [-0.39, 0.29) is 6.61 Å². The normalized spacial score (nSPS) is 12.2. The average Bonchev–Trinajstić information content (AvgIpc) is 2.75. The second-order valence-electron chi connectivity index (χ2n) is 9.30. The molecule has 0 saturated carbocycles. The molecule has 1 atom stereocenters. The molecule has 0 fully saturated rings. The van der Waals surface area contributed by atoms with Crippen LogP contribution in [0.3, 0.4) is 0 Å². The molecule has 1 unspecified atom stereocenters. The highest BCUT2D eigenvalue weighted by molar-refractivity contribution is 5.36. The van der Waals surface area contributed by atoms with Crippen molar-refractivity contribution in [1.82, 2.24) is 0 Å². The number of carbonyl (C=O) groups excluding carboxylic acids is 1. The Labute approximate surface area is 188 Å². The first kappa shape index (κ1) is 29.4. The quantitative estimate of drug-likeness (QED) is 0.111. The van der Waals surface area contributed by atoms with Crippen molar-refractivity contribution in [3.8, 4) is 0 Å². The Morgan fingerprint density at radius 2 is 0.867 bits per heavy atom. The molecule has 0 aliphatic carbocycles. The summed E-state index contributed by atoms with van der Waals surface area (Å²) in [4.78, 5) is 10.0. The summed E-state index contributed by atoms with van der Waals surface area (Å²) in [7, 11) is 0. The fraction of sp³-hybridized carbons (Fsp3) is 0.963. The Morgan fingerprint density at radius 3 is 1.17 bits per heavy atom. The predicted molar refractivity (Wildman–Crippen MR) is 130 cm³/mol. The van der Waals surface area contributed by atoms with Gasteiger partial charge in [-0.25, -0.2) is 0 Å². The zero-order valence-corrected chi connectivity index (χ0v) is 20.4. The zero-order chi connectivity index (χ0) is 22.0. The molecule has 0 aliphatic heterocycles. The van der Waals surface area contributed by atoms with Crippen molar-refractivity contribution in [1.29, 1.82) is 0 Å². The molecule has 0 aliphatic rings. The predicted octanol–water partition coefficient (Wildman–Crippen LogP) is 8.51.